The lowest BCUT2D eigenvalue weighted by Gasteiger charge is -2.27. The van der Waals surface area contributed by atoms with Crippen LogP contribution in [-0.2, 0) is 0 Å². The lowest BCUT2D eigenvalue weighted by Crippen LogP contribution is -2.44. The molecule has 1 aliphatic rings. The van der Waals surface area contributed by atoms with E-state index in [0.29, 0.717) is 28.4 Å². The number of benzene rings is 1. The van der Waals surface area contributed by atoms with E-state index in [1.807, 2.05) is 12.1 Å². The highest BCUT2D eigenvalue weighted by Gasteiger charge is 2.19. The van der Waals surface area contributed by atoms with E-state index in [-0.39, 0.29) is 11.6 Å². The van der Waals surface area contributed by atoms with E-state index in [1.165, 1.54) is 19.1 Å². The number of pyridine rings is 1. The quantitative estimate of drug-likeness (QED) is 0.731. The van der Waals surface area contributed by atoms with Gasteiger partial charge in [0.1, 0.15) is 17.0 Å². The first kappa shape index (κ1) is 16.5. The number of fused-ring (bicyclic) bond motifs is 1. The number of aromatic nitrogens is 3. The second-order valence-electron chi connectivity index (χ2n) is 6.24. The monoisotopic (exact) mass is 351 g/mol. The zero-order valence-electron chi connectivity index (χ0n) is 14.4. The minimum absolute atomic E-state index is 0.155. The molecule has 1 aliphatic heterocycles. The molecule has 1 N–H and O–H groups in total. The number of hydrogen-bond donors (Lipinski definition) is 1. The van der Waals surface area contributed by atoms with Gasteiger partial charge in [0, 0.05) is 38.7 Å². The molecule has 3 heterocycles. The largest absolute Gasteiger partial charge is 0.338 e. The second-order valence-corrected chi connectivity index (χ2v) is 6.24. The number of piperazine rings is 1. The summed E-state index contributed by atoms with van der Waals surface area (Å²) in [5.74, 6) is 0.0982. The molecule has 2 aromatic heterocycles. The minimum Gasteiger partial charge on any atom is -0.338 e. The predicted molar refractivity (Wildman–Crippen MR) is 97.8 cm³/mol. The van der Waals surface area contributed by atoms with Crippen molar-refractivity contribution in [3.05, 3.63) is 47.9 Å². The van der Waals surface area contributed by atoms with Gasteiger partial charge in [-0.3, -0.25) is 4.79 Å². The maximum absolute atomic E-state index is 13.2. The Morgan fingerprint density at radius 2 is 1.77 bits per heavy atom. The van der Waals surface area contributed by atoms with E-state index in [9.17, 15) is 9.18 Å². The molecule has 3 aromatic rings. The Balaban J connectivity index is 1.83. The number of nitrogens with zero attached hydrogens (tertiary/aromatic N) is 4. The summed E-state index contributed by atoms with van der Waals surface area (Å²) in [6.45, 7) is 4.79. The van der Waals surface area contributed by atoms with Crippen molar-refractivity contribution in [3.8, 4) is 11.3 Å². The molecule has 0 radical (unpaired) electrons. The average Bonchev–Trinajstić information content (AvgIpc) is 2.68. The molecule has 26 heavy (non-hydrogen) atoms. The van der Waals surface area contributed by atoms with Crippen LogP contribution >= 0.6 is 0 Å². The van der Waals surface area contributed by atoms with Gasteiger partial charge < -0.3 is 10.2 Å². The predicted octanol–water partition coefficient (Wildman–Crippen LogP) is 2.44. The highest BCUT2D eigenvalue weighted by molar-refractivity contribution is 6.03. The fourth-order valence-electron chi connectivity index (χ4n) is 3.04. The Hall–Kier alpha value is -2.93. The van der Waals surface area contributed by atoms with Gasteiger partial charge in [0.2, 0.25) is 5.95 Å². The molecule has 0 aliphatic carbocycles. The summed E-state index contributed by atoms with van der Waals surface area (Å²) in [5.41, 5.74) is 2.84. The van der Waals surface area contributed by atoms with Gasteiger partial charge in [-0.2, -0.15) is 0 Å². The molecular formula is C19H18FN5O. The molecule has 0 amide bonds. The first-order valence-electron chi connectivity index (χ1n) is 8.53. The van der Waals surface area contributed by atoms with Crippen molar-refractivity contribution in [2.75, 3.05) is 31.1 Å². The van der Waals surface area contributed by atoms with Crippen LogP contribution in [0.25, 0.3) is 22.3 Å². The zero-order valence-corrected chi connectivity index (χ0v) is 14.4. The Morgan fingerprint density at radius 1 is 1.04 bits per heavy atom. The van der Waals surface area contributed by atoms with Crippen molar-refractivity contribution < 1.29 is 9.18 Å². The normalized spacial score (nSPS) is 14.6. The summed E-state index contributed by atoms with van der Waals surface area (Å²) in [6.07, 6.45) is 0. The van der Waals surface area contributed by atoms with Crippen LogP contribution in [0, 0.1) is 5.82 Å². The third kappa shape index (κ3) is 3.13. The molecule has 0 saturated carbocycles. The molecule has 6 nitrogen and oxygen atoms in total. The molecule has 1 aromatic carbocycles. The minimum atomic E-state index is -0.303. The Labute approximate surface area is 150 Å². The van der Waals surface area contributed by atoms with Gasteiger partial charge in [-0.15, -0.1) is 0 Å². The summed E-state index contributed by atoms with van der Waals surface area (Å²) in [4.78, 5) is 27.9. The summed E-state index contributed by atoms with van der Waals surface area (Å²) in [5, 5.41) is 3.29. The Morgan fingerprint density at radius 3 is 2.46 bits per heavy atom. The van der Waals surface area contributed by atoms with Crippen molar-refractivity contribution >= 4 is 22.8 Å². The topological polar surface area (TPSA) is 71.0 Å². The number of ketones is 1. The number of carbonyl (C=O) groups excluding carboxylic acids is 1. The first-order chi connectivity index (χ1) is 12.6. The van der Waals surface area contributed by atoms with Gasteiger partial charge in [0.25, 0.3) is 0 Å². The van der Waals surface area contributed by atoms with Crippen molar-refractivity contribution in [1.29, 1.82) is 0 Å². The van der Waals surface area contributed by atoms with Gasteiger partial charge >= 0.3 is 0 Å². The molecule has 0 unspecified atom stereocenters. The van der Waals surface area contributed by atoms with Crippen LogP contribution < -0.4 is 10.2 Å². The highest BCUT2D eigenvalue weighted by atomic mass is 19.1. The molecule has 0 spiro atoms. The molecular weight excluding hydrogens is 333 g/mol. The zero-order chi connectivity index (χ0) is 18.1. The summed E-state index contributed by atoms with van der Waals surface area (Å²) in [7, 11) is 0. The van der Waals surface area contributed by atoms with E-state index < -0.39 is 0 Å². The van der Waals surface area contributed by atoms with E-state index in [2.05, 4.69) is 25.2 Å². The van der Waals surface area contributed by atoms with Gasteiger partial charge in [0.05, 0.1) is 11.2 Å². The average molecular weight is 351 g/mol. The summed E-state index contributed by atoms with van der Waals surface area (Å²) in [6, 6.07) is 9.75. The second kappa shape index (κ2) is 6.76. The van der Waals surface area contributed by atoms with E-state index in [0.717, 1.165) is 31.7 Å². The fourth-order valence-corrected chi connectivity index (χ4v) is 3.04. The molecule has 0 atom stereocenters. The van der Waals surface area contributed by atoms with Crippen molar-refractivity contribution in [1.82, 2.24) is 20.3 Å². The van der Waals surface area contributed by atoms with Crippen LogP contribution in [0.15, 0.2) is 36.4 Å². The summed E-state index contributed by atoms with van der Waals surface area (Å²) >= 11 is 0. The molecule has 0 bridgehead atoms. The number of carbonyl (C=O) groups is 1. The van der Waals surface area contributed by atoms with E-state index in [1.54, 1.807) is 12.1 Å². The number of hydrogen-bond acceptors (Lipinski definition) is 6. The number of anilines is 1. The molecule has 7 heteroatoms. The van der Waals surface area contributed by atoms with Crippen molar-refractivity contribution in [2.24, 2.45) is 0 Å². The smallest absolute Gasteiger partial charge is 0.226 e. The van der Waals surface area contributed by atoms with Gasteiger partial charge in [-0.25, -0.2) is 19.3 Å². The van der Waals surface area contributed by atoms with Crippen LogP contribution in [0.3, 0.4) is 0 Å². The maximum Gasteiger partial charge on any atom is 0.226 e. The fraction of sp³-hybridized carbons (Fsp3) is 0.263. The van der Waals surface area contributed by atoms with Crippen molar-refractivity contribution in [2.45, 2.75) is 6.92 Å². The van der Waals surface area contributed by atoms with E-state index in [4.69, 9.17) is 0 Å². The molecule has 4 rings (SSSR count). The Kier molecular flexibility index (Phi) is 4.30. The van der Waals surface area contributed by atoms with Gasteiger partial charge in [-0.1, -0.05) is 0 Å². The Bertz CT molecular complexity index is 968. The maximum atomic E-state index is 13.2. The van der Waals surface area contributed by atoms with Crippen LogP contribution in [0.2, 0.25) is 0 Å². The third-order valence-corrected chi connectivity index (χ3v) is 4.40. The molecule has 132 valence electrons. The summed E-state index contributed by atoms with van der Waals surface area (Å²) < 4.78 is 13.2. The van der Waals surface area contributed by atoms with Crippen molar-refractivity contribution in [3.63, 3.8) is 0 Å². The van der Waals surface area contributed by atoms with Crippen LogP contribution in [-0.4, -0.2) is 46.9 Å². The highest BCUT2D eigenvalue weighted by Crippen LogP contribution is 2.24. The number of halogens is 1. The van der Waals surface area contributed by atoms with Gasteiger partial charge in [-0.05, 0) is 36.4 Å². The lowest BCUT2D eigenvalue weighted by molar-refractivity contribution is 0.101. The number of nitrogens with one attached hydrogen (secondary N) is 1. The standard InChI is InChI=1S/C19H18FN5O/c1-12(26)17-18-16(23-19(24-17)25-10-8-21-9-11-25)7-6-15(22-18)13-2-4-14(20)5-3-13/h2-7,21H,8-11H2,1H3. The van der Waals surface area contributed by atoms with Crippen LogP contribution in [0.4, 0.5) is 10.3 Å². The molecule has 1 saturated heterocycles. The van der Waals surface area contributed by atoms with Crippen LogP contribution in [0.5, 0.6) is 0 Å². The molecule has 1 fully saturated rings. The SMILES string of the molecule is CC(=O)c1nc(N2CCNCC2)nc2ccc(-c3ccc(F)cc3)nc12. The first-order valence-corrected chi connectivity index (χ1v) is 8.53. The van der Waals surface area contributed by atoms with E-state index >= 15 is 0 Å². The van der Waals surface area contributed by atoms with Gasteiger partial charge in [0.15, 0.2) is 5.78 Å². The number of Topliss-reactive ketones (excluding diaryl/α,β-unsaturated/α-hetero) is 1. The lowest BCUT2D eigenvalue weighted by atomic mass is 10.1. The third-order valence-electron chi connectivity index (χ3n) is 4.40. The van der Waals surface area contributed by atoms with Crippen LogP contribution in [0.1, 0.15) is 17.4 Å². The number of rotatable bonds is 3.